The lowest BCUT2D eigenvalue weighted by molar-refractivity contribution is -0.138. The van der Waals surface area contributed by atoms with Gasteiger partial charge in [0.25, 0.3) is 11.8 Å². The van der Waals surface area contributed by atoms with Crippen LogP contribution in [0.5, 0.6) is 0 Å². The average molecular weight is 839 g/mol. The first-order valence-electron chi connectivity index (χ1n) is 20.4. The Kier molecular flexibility index (Phi) is 12.0. The third kappa shape index (κ3) is 8.44. The largest absolute Gasteiger partial charge is 0.453 e. The lowest BCUT2D eigenvalue weighted by atomic mass is 10.0. The van der Waals surface area contributed by atoms with Crippen molar-refractivity contribution in [1.82, 2.24) is 35.4 Å². The second kappa shape index (κ2) is 18.0. The number of alkyl carbamates (subject to hydrolysis) is 2. The van der Waals surface area contributed by atoms with E-state index in [1.165, 1.54) is 19.1 Å². The summed E-state index contributed by atoms with van der Waals surface area (Å²) in [5.41, 5.74) is 5.37. The molecule has 5 amide bonds. The number of H-pyrrole nitrogens is 1. The summed E-state index contributed by atoms with van der Waals surface area (Å²) >= 11 is 0. The molecule has 4 N–H and O–H groups in total. The predicted molar refractivity (Wildman–Crippen MR) is 228 cm³/mol. The molecule has 62 heavy (non-hydrogen) atoms. The molecule has 2 aliphatic rings. The first-order chi connectivity index (χ1) is 30.1. The molecule has 2 fully saturated rings. The van der Waals surface area contributed by atoms with Crippen LogP contribution in [0.2, 0.25) is 0 Å². The Morgan fingerprint density at radius 1 is 0.774 bits per heavy atom. The molecule has 4 heterocycles. The number of hydrogen-bond donors (Lipinski definition) is 4. The number of benzene rings is 4. The maximum Gasteiger partial charge on any atom is 0.407 e. The smallest absolute Gasteiger partial charge is 0.407 e. The Balaban J connectivity index is 0.976. The van der Waals surface area contributed by atoms with Gasteiger partial charge in [0.1, 0.15) is 23.9 Å². The Morgan fingerprint density at radius 3 is 2.06 bits per heavy atom. The van der Waals surface area contributed by atoms with Crippen molar-refractivity contribution in [2.24, 2.45) is 0 Å². The molecule has 318 valence electrons. The zero-order valence-electron chi connectivity index (χ0n) is 34.4. The highest BCUT2D eigenvalue weighted by Crippen LogP contribution is 2.36. The fraction of sp³-hybridized carbons (Fsp3) is 0.283. The maximum atomic E-state index is 14.0. The predicted octanol–water partition coefficient (Wildman–Crippen LogP) is 6.98. The lowest BCUT2D eigenvalue weighted by Gasteiger charge is -2.29. The minimum Gasteiger partial charge on any atom is -0.453 e. The highest BCUT2D eigenvalue weighted by Gasteiger charge is 2.39. The normalized spacial score (nSPS) is 17.0. The van der Waals surface area contributed by atoms with E-state index in [1.807, 2.05) is 55.5 Å². The van der Waals surface area contributed by atoms with Gasteiger partial charge < -0.3 is 44.6 Å². The molecule has 4 aromatic carbocycles. The van der Waals surface area contributed by atoms with E-state index in [9.17, 15) is 24.0 Å². The number of fused-ring (bicyclic) bond motifs is 1. The second-order valence-electron chi connectivity index (χ2n) is 15.2. The molecule has 6 aromatic rings. The van der Waals surface area contributed by atoms with Crippen molar-refractivity contribution in [2.75, 3.05) is 32.6 Å². The van der Waals surface area contributed by atoms with Crippen LogP contribution in [0.3, 0.4) is 0 Å². The fourth-order valence-electron chi connectivity index (χ4n) is 8.26. The summed E-state index contributed by atoms with van der Waals surface area (Å²) in [6, 6.07) is 26.0. The van der Waals surface area contributed by atoms with Gasteiger partial charge in [0.2, 0.25) is 11.8 Å². The molecule has 2 saturated heterocycles. The molecule has 8 rings (SSSR count). The van der Waals surface area contributed by atoms with E-state index < -0.39 is 36.2 Å². The standard InChI is InChI=1S/C46H46N8O8/c1-27-31(17-10-18-32(27)50-41(55)36-20-12-24-54(36)44(57)39(52-46(59)61-3)29-15-8-5-9-16-29)42-47-26-37(62-42)30-21-22-33-34(25-30)49-40(48-33)35-19-11-23-53(35)43(56)38(51-45(58)60-2)28-13-6-4-7-14-28/h4-10,13-18,21-22,25-26,35-36,38-39H,11-12,19-20,23-24H2,1-3H3,(H,48,49)(H,50,55)(H,51,58)(H,52,59)/t35-,36-,38+,39+/m0/s1. The number of imidazole rings is 1. The number of amides is 5. The molecule has 2 aliphatic heterocycles. The monoisotopic (exact) mass is 838 g/mol. The molecule has 0 bridgehead atoms. The third-order valence-corrected chi connectivity index (χ3v) is 11.5. The van der Waals surface area contributed by atoms with Crippen LogP contribution in [0.1, 0.15) is 66.3 Å². The van der Waals surface area contributed by atoms with Crippen molar-refractivity contribution < 1.29 is 37.9 Å². The van der Waals surface area contributed by atoms with Gasteiger partial charge in [-0.3, -0.25) is 14.4 Å². The van der Waals surface area contributed by atoms with Crippen LogP contribution in [0, 0.1) is 6.92 Å². The quantitative estimate of drug-likeness (QED) is 0.106. The number of carbonyl (C=O) groups excluding carboxylic acids is 5. The number of nitrogens with zero attached hydrogens (tertiary/aromatic N) is 4. The van der Waals surface area contributed by atoms with E-state index in [0.717, 1.165) is 23.1 Å². The summed E-state index contributed by atoms with van der Waals surface area (Å²) in [7, 11) is 2.49. The SMILES string of the molecule is COC(=O)N[C@@H](C(=O)N1CCC[C@H]1C(=O)Nc1cccc(-c2ncc(-c3ccc4nc([C@@H]5CCCN5C(=O)[C@H](NC(=O)OC)c5ccccc5)[nH]c4c3)o2)c1C)c1ccccc1. The van der Waals surface area contributed by atoms with Crippen LogP contribution in [0.15, 0.2) is 108 Å². The van der Waals surface area contributed by atoms with Crippen LogP contribution in [-0.2, 0) is 23.9 Å². The van der Waals surface area contributed by atoms with Gasteiger partial charge in [0, 0.05) is 29.9 Å². The van der Waals surface area contributed by atoms with Crippen molar-refractivity contribution >= 4 is 46.6 Å². The van der Waals surface area contributed by atoms with Gasteiger partial charge in [0.15, 0.2) is 5.76 Å². The van der Waals surface area contributed by atoms with Gasteiger partial charge in [-0.2, -0.15) is 0 Å². The molecule has 0 aliphatic carbocycles. The Bertz CT molecular complexity index is 2610. The molecule has 0 radical (unpaired) electrons. The Hall–Kier alpha value is -7.49. The minimum atomic E-state index is -1.03. The summed E-state index contributed by atoms with van der Waals surface area (Å²) in [4.78, 5) is 82.4. The van der Waals surface area contributed by atoms with E-state index in [1.54, 1.807) is 59.6 Å². The summed E-state index contributed by atoms with van der Waals surface area (Å²) < 4.78 is 15.9. The molecule has 4 atom stereocenters. The van der Waals surface area contributed by atoms with Crippen molar-refractivity contribution in [3.8, 4) is 22.8 Å². The summed E-state index contributed by atoms with van der Waals surface area (Å²) in [5.74, 6) is 0.498. The Morgan fingerprint density at radius 2 is 1.40 bits per heavy atom. The molecule has 0 unspecified atom stereocenters. The number of ether oxygens (including phenoxy) is 2. The van der Waals surface area contributed by atoms with Gasteiger partial charge >= 0.3 is 12.2 Å². The van der Waals surface area contributed by atoms with Crippen molar-refractivity contribution in [3.63, 3.8) is 0 Å². The molecule has 0 spiro atoms. The summed E-state index contributed by atoms with van der Waals surface area (Å²) in [6.45, 7) is 2.73. The van der Waals surface area contributed by atoms with Crippen molar-refractivity contribution in [3.05, 3.63) is 126 Å². The van der Waals surface area contributed by atoms with Gasteiger partial charge in [-0.15, -0.1) is 0 Å². The number of oxazole rings is 1. The number of nitrogens with one attached hydrogen (secondary N) is 4. The van der Waals surface area contributed by atoms with E-state index in [4.69, 9.17) is 18.9 Å². The summed E-state index contributed by atoms with van der Waals surface area (Å²) in [5, 5.41) is 8.35. The average Bonchev–Trinajstić information content (AvgIpc) is 4.15. The maximum absolute atomic E-state index is 14.0. The number of methoxy groups -OCH3 is 2. The van der Waals surface area contributed by atoms with E-state index in [2.05, 4.69) is 25.9 Å². The van der Waals surface area contributed by atoms with Crippen LogP contribution < -0.4 is 16.0 Å². The molecular weight excluding hydrogens is 793 g/mol. The van der Waals surface area contributed by atoms with E-state index >= 15 is 0 Å². The van der Waals surface area contributed by atoms with Crippen LogP contribution in [0.4, 0.5) is 15.3 Å². The minimum absolute atomic E-state index is 0.254. The number of hydrogen-bond acceptors (Lipinski definition) is 10. The van der Waals surface area contributed by atoms with Gasteiger partial charge in [-0.05, 0) is 79.6 Å². The second-order valence-corrected chi connectivity index (χ2v) is 15.2. The zero-order chi connectivity index (χ0) is 43.3. The number of anilines is 1. The Labute approximate surface area is 357 Å². The van der Waals surface area contributed by atoms with Gasteiger partial charge in [-0.1, -0.05) is 66.7 Å². The molecule has 16 heteroatoms. The topological polar surface area (TPSA) is 201 Å². The fourth-order valence-corrected chi connectivity index (χ4v) is 8.26. The molecule has 16 nitrogen and oxygen atoms in total. The highest BCUT2D eigenvalue weighted by molar-refractivity contribution is 6.00. The lowest BCUT2D eigenvalue weighted by Crippen LogP contribution is -2.48. The number of likely N-dealkylation sites (tertiary alicyclic amines) is 2. The number of aromatic amines is 1. The number of rotatable bonds is 11. The molecule has 2 aromatic heterocycles. The zero-order valence-corrected chi connectivity index (χ0v) is 34.4. The van der Waals surface area contributed by atoms with Crippen LogP contribution in [-0.4, -0.2) is 88.0 Å². The highest BCUT2D eigenvalue weighted by atomic mass is 16.5. The van der Waals surface area contributed by atoms with Crippen LogP contribution in [0.25, 0.3) is 33.8 Å². The van der Waals surface area contributed by atoms with E-state index in [0.29, 0.717) is 77.7 Å². The van der Waals surface area contributed by atoms with E-state index in [-0.39, 0.29) is 17.9 Å². The van der Waals surface area contributed by atoms with Gasteiger partial charge in [0.05, 0.1) is 37.5 Å². The van der Waals surface area contributed by atoms with Crippen molar-refractivity contribution in [1.29, 1.82) is 0 Å². The van der Waals surface area contributed by atoms with Crippen LogP contribution >= 0.6 is 0 Å². The number of aromatic nitrogens is 3. The van der Waals surface area contributed by atoms with Crippen molar-refractivity contribution in [2.45, 2.75) is 56.8 Å². The molecule has 0 saturated carbocycles. The molecular formula is C46H46N8O8. The number of carbonyl (C=O) groups is 5. The third-order valence-electron chi connectivity index (χ3n) is 11.5. The first-order valence-corrected chi connectivity index (χ1v) is 20.4. The summed E-state index contributed by atoms with van der Waals surface area (Å²) in [6.07, 6.45) is 2.74. The van der Waals surface area contributed by atoms with Gasteiger partial charge in [-0.25, -0.2) is 19.6 Å². The first kappa shape index (κ1) is 41.3.